The Labute approximate surface area is 161 Å². The Hall–Kier alpha value is -2.59. The van der Waals surface area contributed by atoms with Gasteiger partial charge in [-0.05, 0) is 34.5 Å². The Morgan fingerprint density at radius 3 is 2.89 bits per heavy atom. The van der Waals surface area contributed by atoms with E-state index in [1.54, 1.807) is 16.8 Å². The maximum absolute atomic E-state index is 13.2. The van der Waals surface area contributed by atoms with Gasteiger partial charge in [0, 0.05) is 17.5 Å². The van der Waals surface area contributed by atoms with E-state index in [0.717, 1.165) is 29.9 Å². The van der Waals surface area contributed by atoms with Crippen LogP contribution < -0.4 is 5.56 Å². The molecular weight excluding hydrogens is 387 g/mol. The first-order valence-corrected chi connectivity index (χ1v) is 10.2. The summed E-state index contributed by atoms with van der Waals surface area (Å²) in [6, 6.07) is 6.08. The van der Waals surface area contributed by atoms with Gasteiger partial charge < -0.3 is 4.98 Å². The van der Waals surface area contributed by atoms with E-state index in [9.17, 15) is 9.18 Å². The van der Waals surface area contributed by atoms with Crippen LogP contribution in [0.15, 0.2) is 39.6 Å². The first-order chi connectivity index (χ1) is 13.2. The van der Waals surface area contributed by atoms with Gasteiger partial charge in [-0.2, -0.15) is 0 Å². The smallest absolute Gasteiger partial charge is 0.260 e. The van der Waals surface area contributed by atoms with Crippen LogP contribution in [0.2, 0.25) is 0 Å². The van der Waals surface area contributed by atoms with E-state index >= 15 is 0 Å². The molecule has 10 heteroatoms. The van der Waals surface area contributed by atoms with Gasteiger partial charge in [0.25, 0.3) is 5.56 Å². The zero-order chi connectivity index (χ0) is 18.8. The number of nitrogens with zero attached hydrogens (tertiary/aromatic N) is 5. The zero-order valence-electron chi connectivity index (χ0n) is 14.3. The third-order valence-corrected chi connectivity index (χ3v) is 5.70. The molecule has 138 valence electrons. The number of nitrogens with one attached hydrogen (secondary N) is 1. The second kappa shape index (κ2) is 7.57. The highest BCUT2D eigenvalue weighted by Crippen LogP contribution is 2.31. The summed E-state index contributed by atoms with van der Waals surface area (Å²) in [4.78, 5) is 20.6. The molecule has 3 heterocycles. The van der Waals surface area contributed by atoms with Gasteiger partial charge in [-0.15, -0.1) is 16.4 Å². The van der Waals surface area contributed by atoms with Gasteiger partial charge >= 0.3 is 0 Å². The third-order valence-electron chi connectivity index (χ3n) is 3.96. The molecule has 1 aromatic carbocycles. The molecule has 4 aromatic rings. The SMILES string of the molecule is CCCn1nnnc1CSc1nc2scc(-c3ccc(F)cc3)c2c(=O)[nH]1. The highest BCUT2D eigenvalue weighted by molar-refractivity contribution is 7.98. The molecule has 1 N–H and O–H groups in total. The second-order valence-electron chi connectivity index (χ2n) is 5.81. The number of hydrogen-bond donors (Lipinski definition) is 1. The third kappa shape index (κ3) is 3.62. The maximum Gasteiger partial charge on any atom is 0.260 e. The molecule has 0 fully saturated rings. The Bertz CT molecular complexity index is 1130. The number of tetrazole rings is 1. The van der Waals surface area contributed by atoms with Crippen LogP contribution in [0.4, 0.5) is 4.39 Å². The quantitative estimate of drug-likeness (QED) is 0.392. The van der Waals surface area contributed by atoms with Crippen molar-refractivity contribution in [1.29, 1.82) is 0 Å². The minimum absolute atomic E-state index is 0.212. The van der Waals surface area contributed by atoms with Gasteiger partial charge in [0.2, 0.25) is 0 Å². The van der Waals surface area contributed by atoms with Crippen molar-refractivity contribution >= 4 is 33.3 Å². The van der Waals surface area contributed by atoms with Gasteiger partial charge in [-0.25, -0.2) is 14.1 Å². The molecule has 0 radical (unpaired) electrons. The van der Waals surface area contributed by atoms with Crippen LogP contribution in [0.5, 0.6) is 0 Å². The summed E-state index contributed by atoms with van der Waals surface area (Å²) in [6.07, 6.45) is 0.936. The lowest BCUT2D eigenvalue weighted by Gasteiger charge is -2.03. The summed E-state index contributed by atoms with van der Waals surface area (Å²) < 4.78 is 14.9. The molecule has 0 saturated carbocycles. The minimum atomic E-state index is -0.311. The number of benzene rings is 1. The topological polar surface area (TPSA) is 89.3 Å². The minimum Gasteiger partial charge on any atom is -0.301 e. The fourth-order valence-electron chi connectivity index (χ4n) is 2.68. The Balaban J connectivity index is 1.62. The van der Waals surface area contributed by atoms with E-state index < -0.39 is 0 Å². The molecule has 0 amide bonds. The molecule has 0 atom stereocenters. The molecule has 27 heavy (non-hydrogen) atoms. The number of halogens is 1. The standard InChI is InChI=1S/C17H15FN6OS2/c1-2-7-24-13(21-22-23-24)9-27-17-19-15(25)14-12(8-26-16(14)20-17)10-3-5-11(18)6-4-10/h3-6,8H,2,7,9H2,1H3,(H,19,20,25). The van der Waals surface area contributed by atoms with Crippen molar-refractivity contribution in [1.82, 2.24) is 30.2 Å². The number of aryl methyl sites for hydroxylation is 1. The van der Waals surface area contributed by atoms with Crippen molar-refractivity contribution in [3.8, 4) is 11.1 Å². The van der Waals surface area contributed by atoms with Crippen LogP contribution in [0, 0.1) is 5.82 Å². The molecule has 7 nitrogen and oxygen atoms in total. The first-order valence-electron chi connectivity index (χ1n) is 8.31. The average molecular weight is 402 g/mol. The summed E-state index contributed by atoms with van der Waals surface area (Å²) >= 11 is 2.77. The molecule has 0 saturated heterocycles. The largest absolute Gasteiger partial charge is 0.301 e. The average Bonchev–Trinajstić information content (AvgIpc) is 3.28. The van der Waals surface area contributed by atoms with E-state index in [4.69, 9.17) is 0 Å². The van der Waals surface area contributed by atoms with E-state index in [1.165, 1.54) is 35.2 Å². The number of rotatable bonds is 6. The van der Waals surface area contributed by atoms with Crippen LogP contribution in [0.25, 0.3) is 21.3 Å². The first kappa shape index (κ1) is 17.8. The Morgan fingerprint density at radius 2 is 2.11 bits per heavy atom. The van der Waals surface area contributed by atoms with Crippen LogP contribution >= 0.6 is 23.1 Å². The highest BCUT2D eigenvalue weighted by atomic mass is 32.2. The van der Waals surface area contributed by atoms with E-state index in [1.807, 2.05) is 5.38 Å². The second-order valence-corrected chi connectivity index (χ2v) is 7.64. The maximum atomic E-state index is 13.2. The zero-order valence-corrected chi connectivity index (χ0v) is 16.0. The molecule has 0 aliphatic rings. The summed E-state index contributed by atoms with van der Waals surface area (Å²) in [6.45, 7) is 2.80. The highest BCUT2D eigenvalue weighted by Gasteiger charge is 2.14. The predicted octanol–water partition coefficient (Wildman–Crippen LogP) is 3.48. The molecular formula is C17H15FN6OS2. The molecule has 0 aliphatic carbocycles. The number of thioether (sulfide) groups is 1. The number of aromatic nitrogens is 6. The van der Waals surface area contributed by atoms with Crippen molar-refractivity contribution in [2.45, 2.75) is 30.8 Å². The molecule has 0 unspecified atom stereocenters. The lowest BCUT2D eigenvalue weighted by atomic mass is 10.1. The monoisotopic (exact) mass is 402 g/mol. The van der Waals surface area contributed by atoms with Gasteiger partial charge in [-0.3, -0.25) is 4.79 Å². The van der Waals surface area contributed by atoms with Crippen LogP contribution in [-0.4, -0.2) is 30.2 Å². The number of hydrogen-bond acceptors (Lipinski definition) is 7. The lowest BCUT2D eigenvalue weighted by Crippen LogP contribution is -2.09. The van der Waals surface area contributed by atoms with E-state index in [2.05, 4.69) is 32.4 Å². The normalized spacial score (nSPS) is 11.3. The van der Waals surface area contributed by atoms with E-state index in [-0.39, 0.29) is 11.4 Å². The van der Waals surface area contributed by atoms with Gasteiger partial charge in [-0.1, -0.05) is 30.8 Å². The van der Waals surface area contributed by atoms with Crippen LogP contribution in [0.1, 0.15) is 19.2 Å². The van der Waals surface area contributed by atoms with Crippen molar-refractivity contribution in [3.05, 3.63) is 51.6 Å². The molecule has 3 aromatic heterocycles. The van der Waals surface area contributed by atoms with Crippen LogP contribution in [0.3, 0.4) is 0 Å². The lowest BCUT2D eigenvalue weighted by molar-refractivity contribution is 0.564. The predicted molar refractivity (Wildman–Crippen MR) is 103 cm³/mol. The molecule has 0 aliphatic heterocycles. The summed E-state index contributed by atoms with van der Waals surface area (Å²) in [5.74, 6) is 0.940. The van der Waals surface area contributed by atoms with Crippen molar-refractivity contribution in [2.24, 2.45) is 0 Å². The van der Waals surface area contributed by atoms with Gasteiger partial charge in [0.15, 0.2) is 11.0 Å². The van der Waals surface area contributed by atoms with Crippen molar-refractivity contribution in [3.63, 3.8) is 0 Å². The molecule has 4 rings (SSSR count). The van der Waals surface area contributed by atoms with Crippen molar-refractivity contribution in [2.75, 3.05) is 0 Å². The molecule has 0 spiro atoms. The summed E-state index contributed by atoms with van der Waals surface area (Å²) in [5.41, 5.74) is 1.33. The number of thiophene rings is 1. The van der Waals surface area contributed by atoms with E-state index in [0.29, 0.717) is 21.1 Å². The molecule has 0 bridgehead atoms. The summed E-state index contributed by atoms with van der Waals surface area (Å²) in [7, 11) is 0. The van der Waals surface area contributed by atoms with Crippen molar-refractivity contribution < 1.29 is 4.39 Å². The van der Waals surface area contributed by atoms with Gasteiger partial charge in [0.05, 0.1) is 11.1 Å². The van der Waals surface area contributed by atoms with Gasteiger partial charge in [0.1, 0.15) is 10.6 Å². The number of H-pyrrole nitrogens is 1. The number of aromatic amines is 1. The Kier molecular flexibility index (Phi) is 4.99. The van der Waals surface area contributed by atoms with Crippen LogP contribution in [-0.2, 0) is 12.3 Å². The fraction of sp³-hybridized carbons (Fsp3) is 0.235. The summed E-state index contributed by atoms with van der Waals surface area (Å²) in [5, 5.41) is 14.6. The fourth-order valence-corrected chi connectivity index (χ4v) is 4.48. The number of fused-ring (bicyclic) bond motifs is 1. The Morgan fingerprint density at radius 1 is 1.30 bits per heavy atom.